The maximum atomic E-state index is 14.0. The summed E-state index contributed by atoms with van der Waals surface area (Å²) in [6, 6.07) is 0. The van der Waals surface area contributed by atoms with Crippen molar-refractivity contribution in [1.29, 1.82) is 5.41 Å². The van der Waals surface area contributed by atoms with Crippen LogP contribution in [0.2, 0.25) is 0 Å². The van der Waals surface area contributed by atoms with Crippen molar-refractivity contribution in [3.05, 3.63) is 18.0 Å². The van der Waals surface area contributed by atoms with Gasteiger partial charge in [0.1, 0.15) is 0 Å². The van der Waals surface area contributed by atoms with Gasteiger partial charge in [-0.1, -0.05) is 6.92 Å². The highest BCUT2D eigenvalue weighted by molar-refractivity contribution is 5.78. The van der Waals surface area contributed by atoms with Crippen LogP contribution in [0.3, 0.4) is 0 Å². The number of hydrogen-bond acceptors (Lipinski definition) is 5. The van der Waals surface area contributed by atoms with E-state index in [1.54, 1.807) is 14.2 Å². The summed E-state index contributed by atoms with van der Waals surface area (Å²) in [4.78, 5) is 13.5. The molecule has 0 radical (unpaired) electrons. The summed E-state index contributed by atoms with van der Waals surface area (Å²) in [5.41, 5.74) is 0.476. The highest BCUT2D eigenvalue weighted by atomic mass is 19.1. The number of amides is 1. The molecule has 1 amide bonds. The third kappa shape index (κ3) is 6.58. The molecule has 9 heteroatoms. The van der Waals surface area contributed by atoms with Gasteiger partial charge in [-0.2, -0.15) is 0 Å². The summed E-state index contributed by atoms with van der Waals surface area (Å²) < 4.78 is 29.0. The predicted molar refractivity (Wildman–Crippen MR) is 136 cm³/mol. The lowest BCUT2D eigenvalue weighted by Gasteiger charge is -2.43. The molecule has 204 valence electrons. The topological polar surface area (TPSA) is 93.3 Å². The molecule has 1 aliphatic heterocycles. The maximum absolute atomic E-state index is 14.0. The molecular weight excluding hydrogens is 461 g/mol. The number of aromatic nitrogens is 2. The monoisotopic (exact) mass is 507 g/mol. The van der Waals surface area contributed by atoms with E-state index in [1.165, 1.54) is 0 Å². The van der Waals surface area contributed by atoms with Crippen LogP contribution < -0.4 is 16.3 Å². The van der Waals surface area contributed by atoms with Gasteiger partial charge in [0.05, 0.1) is 12.2 Å². The number of imidazole rings is 1. The van der Waals surface area contributed by atoms with Crippen molar-refractivity contribution >= 4 is 5.91 Å². The summed E-state index contributed by atoms with van der Waals surface area (Å²) in [5, 5.41) is 14.7. The second-order valence-electron chi connectivity index (χ2n) is 11.7. The van der Waals surface area contributed by atoms with Crippen LogP contribution in [0, 0.1) is 40.9 Å². The SMILES string of the molecule is COC1CC(CNC(=O)C2CC(Cn3ccn(C)c3=N)CC(C3CNC(F)CC3C)C2)CC(OC)C1. The first-order valence-electron chi connectivity index (χ1n) is 13.7. The zero-order chi connectivity index (χ0) is 25.8. The minimum absolute atomic E-state index is 0.0532. The number of aryl methyl sites for hydroxylation is 1. The number of halogens is 1. The minimum atomic E-state index is -0.928. The lowest BCUT2D eigenvalue weighted by molar-refractivity contribution is -0.128. The van der Waals surface area contributed by atoms with Crippen molar-refractivity contribution in [3.8, 4) is 0 Å². The average Bonchev–Trinajstić information content (AvgIpc) is 3.18. The van der Waals surface area contributed by atoms with Gasteiger partial charge in [-0.15, -0.1) is 0 Å². The van der Waals surface area contributed by atoms with Crippen molar-refractivity contribution in [3.63, 3.8) is 0 Å². The molecule has 36 heavy (non-hydrogen) atoms. The first kappa shape index (κ1) is 27.3. The third-order valence-corrected chi connectivity index (χ3v) is 9.18. The number of carbonyl (C=O) groups excluding carboxylic acids is 1. The second kappa shape index (κ2) is 12.2. The summed E-state index contributed by atoms with van der Waals surface area (Å²) in [5.74, 6) is 1.79. The van der Waals surface area contributed by atoms with Crippen LogP contribution in [-0.4, -0.2) is 60.9 Å². The molecule has 8 atom stereocenters. The van der Waals surface area contributed by atoms with Crippen LogP contribution >= 0.6 is 0 Å². The Morgan fingerprint density at radius 1 is 1.08 bits per heavy atom. The van der Waals surface area contributed by atoms with Gasteiger partial charge in [-0.3, -0.25) is 15.5 Å². The molecule has 1 aromatic rings. The van der Waals surface area contributed by atoms with E-state index in [1.807, 2.05) is 28.6 Å². The summed E-state index contributed by atoms with van der Waals surface area (Å²) in [6.07, 6.45) is 9.33. The predicted octanol–water partition coefficient (Wildman–Crippen LogP) is 2.83. The van der Waals surface area contributed by atoms with E-state index in [-0.39, 0.29) is 24.0 Å². The number of alkyl halides is 1. The molecule has 3 N–H and O–H groups in total. The molecule has 2 saturated carbocycles. The highest BCUT2D eigenvalue weighted by Gasteiger charge is 2.40. The molecule has 8 nitrogen and oxygen atoms in total. The number of ether oxygens (including phenoxy) is 2. The maximum Gasteiger partial charge on any atom is 0.223 e. The van der Waals surface area contributed by atoms with Gasteiger partial charge in [0.25, 0.3) is 0 Å². The van der Waals surface area contributed by atoms with Crippen LogP contribution in [0.25, 0.3) is 0 Å². The van der Waals surface area contributed by atoms with Crippen LogP contribution in [0.5, 0.6) is 0 Å². The van der Waals surface area contributed by atoms with Crippen molar-refractivity contribution < 1.29 is 18.7 Å². The van der Waals surface area contributed by atoms with Gasteiger partial charge in [0, 0.05) is 59.2 Å². The van der Waals surface area contributed by atoms with Crippen molar-refractivity contribution in [2.75, 3.05) is 27.3 Å². The second-order valence-corrected chi connectivity index (χ2v) is 11.7. The Balaban J connectivity index is 1.42. The molecule has 2 aliphatic carbocycles. The lowest BCUT2D eigenvalue weighted by Crippen LogP contribution is -2.47. The van der Waals surface area contributed by atoms with E-state index >= 15 is 0 Å². The molecule has 2 heterocycles. The molecule has 0 bridgehead atoms. The zero-order valence-electron chi connectivity index (χ0n) is 22.4. The van der Waals surface area contributed by atoms with Crippen LogP contribution in [0.4, 0.5) is 4.39 Å². The third-order valence-electron chi connectivity index (χ3n) is 9.18. The van der Waals surface area contributed by atoms with Crippen LogP contribution in [-0.2, 0) is 27.9 Å². The van der Waals surface area contributed by atoms with E-state index in [0.29, 0.717) is 54.7 Å². The fourth-order valence-corrected chi connectivity index (χ4v) is 7.09. The smallest absolute Gasteiger partial charge is 0.223 e. The number of carbonyl (C=O) groups is 1. The fourth-order valence-electron chi connectivity index (χ4n) is 7.09. The Labute approximate surface area is 214 Å². The molecule has 0 aromatic carbocycles. The highest BCUT2D eigenvalue weighted by Crippen LogP contribution is 2.42. The van der Waals surface area contributed by atoms with E-state index in [4.69, 9.17) is 14.9 Å². The standard InChI is InChI=1S/C27H46FN5O3/c1-17-7-25(28)30-15-24(17)20-8-19(16-33-6-5-32(2)27(33)29)9-21(12-20)26(34)31-14-18-10-22(35-3)13-23(11-18)36-4/h5-6,17-25,29-30H,7-16H2,1-4H3,(H,31,34). The molecule has 1 aromatic heterocycles. The number of methoxy groups -OCH3 is 2. The van der Waals surface area contributed by atoms with E-state index < -0.39 is 6.30 Å². The van der Waals surface area contributed by atoms with Gasteiger partial charge in [0.15, 0.2) is 6.30 Å². The quantitative estimate of drug-likeness (QED) is 0.472. The Kier molecular flexibility index (Phi) is 9.28. The fraction of sp³-hybridized carbons (Fsp3) is 0.852. The van der Waals surface area contributed by atoms with Gasteiger partial charge < -0.3 is 23.9 Å². The Bertz CT molecular complexity index is 907. The van der Waals surface area contributed by atoms with Crippen LogP contribution in [0.15, 0.2) is 12.4 Å². The van der Waals surface area contributed by atoms with Crippen molar-refractivity contribution in [1.82, 2.24) is 19.8 Å². The van der Waals surface area contributed by atoms with Crippen LogP contribution in [0.1, 0.15) is 51.9 Å². The van der Waals surface area contributed by atoms with E-state index in [2.05, 4.69) is 17.6 Å². The first-order chi connectivity index (χ1) is 17.3. The molecule has 8 unspecified atom stereocenters. The van der Waals surface area contributed by atoms with Gasteiger partial charge >= 0.3 is 0 Å². The first-order valence-corrected chi connectivity index (χ1v) is 13.7. The zero-order valence-corrected chi connectivity index (χ0v) is 22.4. The Morgan fingerprint density at radius 2 is 1.81 bits per heavy atom. The Hall–Kier alpha value is -1.71. The Morgan fingerprint density at radius 3 is 2.42 bits per heavy atom. The van der Waals surface area contributed by atoms with Crippen molar-refractivity contribution in [2.24, 2.45) is 42.6 Å². The number of piperidine rings is 1. The number of hydrogen-bond donors (Lipinski definition) is 3. The molecular formula is C27H46FN5O3. The molecule has 4 rings (SSSR count). The normalized spacial score (nSPS) is 37.5. The number of nitrogens with one attached hydrogen (secondary N) is 3. The van der Waals surface area contributed by atoms with Crippen molar-refractivity contribution in [2.45, 2.75) is 76.9 Å². The molecule has 1 saturated heterocycles. The summed E-state index contributed by atoms with van der Waals surface area (Å²) in [6.45, 7) is 4.23. The van der Waals surface area contributed by atoms with Gasteiger partial charge in [-0.05, 0) is 74.5 Å². The summed E-state index contributed by atoms with van der Waals surface area (Å²) in [7, 11) is 5.38. The largest absolute Gasteiger partial charge is 0.381 e. The molecule has 0 spiro atoms. The van der Waals surface area contributed by atoms with Gasteiger partial charge in [-0.25, -0.2) is 4.39 Å². The average molecular weight is 508 g/mol. The lowest BCUT2D eigenvalue weighted by atomic mass is 9.66. The minimum Gasteiger partial charge on any atom is -0.381 e. The van der Waals surface area contributed by atoms with Gasteiger partial charge in [0.2, 0.25) is 11.5 Å². The molecule has 3 fully saturated rings. The van der Waals surface area contributed by atoms with E-state index in [9.17, 15) is 9.18 Å². The number of rotatable bonds is 8. The number of nitrogens with zero attached hydrogens (tertiary/aromatic N) is 2. The van der Waals surface area contributed by atoms with E-state index in [0.717, 1.165) is 45.1 Å². The molecule has 3 aliphatic rings. The summed E-state index contributed by atoms with van der Waals surface area (Å²) >= 11 is 0.